The van der Waals surface area contributed by atoms with Crippen LogP contribution >= 0.6 is 23.2 Å². The predicted octanol–water partition coefficient (Wildman–Crippen LogP) is 5.25. The van der Waals surface area contributed by atoms with Crippen molar-refractivity contribution in [1.29, 1.82) is 0 Å². The molecule has 26 heavy (non-hydrogen) atoms. The zero-order chi connectivity index (χ0) is 18.8. The summed E-state index contributed by atoms with van der Waals surface area (Å²) in [5.41, 5.74) is 1.49. The van der Waals surface area contributed by atoms with Crippen molar-refractivity contribution < 1.29 is 13.6 Å². The fraction of sp³-hybridized carbons (Fsp3) is 0.111. The number of carbonyl (C=O) groups is 1. The Morgan fingerprint density at radius 2 is 1.96 bits per heavy atom. The molecule has 0 aliphatic carbocycles. The smallest absolute Gasteiger partial charge is 0.259 e. The van der Waals surface area contributed by atoms with E-state index < -0.39 is 18.4 Å². The van der Waals surface area contributed by atoms with Gasteiger partial charge in [-0.05, 0) is 35.9 Å². The molecule has 0 radical (unpaired) electrons. The monoisotopic (exact) mass is 395 g/mol. The van der Waals surface area contributed by atoms with Crippen LogP contribution in [0.5, 0.6) is 0 Å². The molecule has 1 N–H and O–H groups in total. The van der Waals surface area contributed by atoms with E-state index in [4.69, 9.17) is 23.2 Å². The number of rotatable bonds is 4. The SMILES string of the molecule is Cn1cc(C(=O)Nc2ccc(F)cc2-c2ccc(Cl)c(Cl)c2)c(CF)n1. The molecule has 134 valence electrons. The molecule has 0 spiro atoms. The fourth-order valence-electron chi connectivity index (χ4n) is 2.54. The molecule has 1 heterocycles. The Hall–Kier alpha value is -2.44. The maximum atomic E-state index is 13.8. The lowest BCUT2D eigenvalue weighted by Gasteiger charge is -2.12. The minimum absolute atomic E-state index is 0.0307. The van der Waals surface area contributed by atoms with Crippen molar-refractivity contribution in [1.82, 2.24) is 9.78 Å². The average molecular weight is 396 g/mol. The Morgan fingerprint density at radius 1 is 1.19 bits per heavy atom. The number of anilines is 1. The fourth-order valence-corrected chi connectivity index (χ4v) is 2.84. The van der Waals surface area contributed by atoms with E-state index in [0.29, 0.717) is 26.9 Å². The molecule has 2 aromatic carbocycles. The largest absolute Gasteiger partial charge is 0.321 e. The highest BCUT2D eigenvalue weighted by Crippen LogP contribution is 2.33. The molecule has 0 bridgehead atoms. The van der Waals surface area contributed by atoms with Crippen LogP contribution in [0.2, 0.25) is 10.0 Å². The van der Waals surface area contributed by atoms with Gasteiger partial charge in [0.05, 0.1) is 15.6 Å². The summed E-state index contributed by atoms with van der Waals surface area (Å²) in [6, 6.07) is 8.74. The number of amides is 1. The molecule has 3 aromatic rings. The van der Waals surface area contributed by atoms with Crippen LogP contribution in [0.15, 0.2) is 42.6 Å². The number of nitrogens with one attached hydrogen (secondary N) is 1. The zero-order valence-corrected chi connectivity index (χ0v) is 15.1. The average Bonchev–Trinajstić information content (AvgIpc) is 3.00. The van der Waals surface area contributed by atoms with Crippen LogP contribution in [0.1, 0.15) is 16.1 Å². The van der Waals surface area contributed by atoms with E-state index in [1.165, 1.54) is 29.1 Å². The molecule has 3 rings (SSSR count). The summed E-state index contributed by atoms with van der Waals surface area (Å²) in [4.78, 5) is 12.5. The number of carbonyl (C=O) groups excluding carboxylic acids is 1. The second-order valence-corrected chi connectivity index (χ2v) is 6.38. The highest BCUT2D eigenvalue weighted by molar-refractivity contribution is 6.42. The summed E-state index contributed by atoms with van der Waals surface area (Å²) in [5.74, 6) is -1.02. The van der Waals surface area contributed by atoms with Crippen molar-refractivity contribution in [2.45, 2.75) is 6.67 Å². The second kappa shape index (κ2) is 7.43. The number of nitrogens with zero attached hydrogens (tertiary/aromatic N) is 2. The predicted molar refractivity (Wildman–Crippen MR) is 97.8 cm³/mol. The molecule has 0 saturated carbocycles. The first kappa shape index (κ1) is 18.4. The van der Waals surface area contributed by atoms with Gasteiger partial charge in [-0.2, -0.15) is 5.10 Å². The highest BCUT2D eigenvalue weighted by Gasteiger charge is 2.18. The van der Waals surface area contributed by atoms with Crippen LogP contribution < -0.4 is 5.32 Å². The Kier molecular flexibility index (Phi) is 5.25. The van der Waals surface area contributed by atoms with Crippen LogP contribution in [0, 0.1) is 5.82 Å². The number of halogens is 4. The van der Waals surface area contributed by atoms with Gasteiger partial charge in [-0.25, -0.2) is 8.78 Å². The summed E-state index contributed by atoms with van der Waals surface area (Å²) in [6.45, 7) is -0.868. The van der Waals surface area contributed by atoms with Gasteiger partial charge in [0.25, 0.3) is 5.91 Å². The van der Waals surface area contributed by atoms with Crippen molar-refractivity contribution in [3.8, 4) is 11.1 Å². The van der Waals surface area contributed by atoms with Crippen LogP contribution in [0.4, 0.5) is 14.5 Å². The van der Waals surface area contributed by atoms with Gasteiger partial charge >= 0.3 is 0 Å². The lowest BCUT2D eigenvalue weighted by molar-refractivity contribution is 0.102. The lowest BCUT2D eigenvalue weighted by Crippen LogP contribution is -2.13. The van der Waals surface area contributed by atoms with E-state index in [9.17, 15) is 13.6 Å². The number of hydrogen-bond donors (Lipinski definition) is 1. The van der Waals surface area contributed by atoms with Crippen LogP contribution in [-0.2, 0) is 13.7 Å². The number of aryl methyl sites for hydroxylation is 1. The third kappa shape index (κ3) is 3.71. The lowest BCUT2D eigenvalue weighted by atomic mass is 10.0. The number of aromatic nitrogens is 2. The summed E-state index contributed by atoms with van der Waals surface area (Å²) >= 11 is 12.0. The van der Waals surface area contributed by atoms with Crippen molar-refractivity contribution in [3.63, 3.8) is 0 Å². The van der Waals surface area contributed by atoms with Gasteiger partial charge < -0.3 is 5.32 Å². The van der Waals surface area contributed by atoms with E-state index in [0.717, 1.165) is 0 Å². The maximum absolute atomic E-state index is 13.8. The van der Waals surface area contributed by atoms with E-state index in [1.54, 1.807) is 25.2 Å². The first-order valence-electron chi connectivity index (χ1n) is 7.54. The van der Waals surface area contributed by atoms with Crippen molar-refractivity contribution in [2.75, 3.05) is 5.32 Å². The van der Waals surface area contributed by atoms with Crippen LogP contribution in [-0.4, -0.2) is 15.7 Å². The molecular weight excluding hydrogens is 383 g/mol. The summed E-state index contributed by atoms with van der Waals surface area (Å²) in [7, 11) is 1.59. The Morgan fingerprint density at radius 3 is 2.65 bits per heavy atom. The third-order valence-electron chi connectivity index (χ3n) is 3.74. The zero-order valence-electron chi connectivity index (χ0n) is 13.6. The minimum Gasteiger partial charge on any atom is -0.321 e. The van der Waals surface area contributed by atoms with Crippen molar-refractivity contribution in [3.05, 3.63) is 69.7 Å². The van der Waals surface area contributed by atoms with Gasteiger partial charge in [0.2, 0.25) is 0 Å². The van der Waals surface area contributed by atoms with E-state index in [1.807, 2.05) is 0 Å². The van der Waals surface area contributed by atoms with Gasteiger partial charge in [0, 0.05) is 24.5 Å². The molecule has 0 fully saturated rings. The molecule has 1 aromatic heterocycles. The highest BCUT2D eigenvalue weighted by atomic mass is 35.5. The third-order valence-corrected chi connectivity index (χ3v) is 4.48. The first-order valence-corrected chi connectivity index (χ1v) is 8.29. The Labute approximate surface area is 158 Å². The molecule has 1 amide bonds. The van der Waals surface area contributed by atoms with Gasteiger partial charge in [-0.15, -0.1) is 0 Å². The molecule has 0 saturated heterocycles. The summed E-state index contributed by atoms with van der Waals surface area (Å²) in [5, 5.41) is 7.23. The molecule has 0 unspecified atom stereocenters. The first-order chi connectivity index (χ1) is 12.4. The molecule has 0 aliphatic heterocycles. The normalized spacial score (nSPS) is 10.8. The topological polar surface area (TPSA) is 46.9 Å². The quantitative estimate of drug-likeness (QED) is 0.655. The molecule has 8 heteroatoms. The van der Waals surface area contributed by atoms with E-state index in [2.05, 4.69) is 10.4 Å². The van der Waals surface area contributed by atoms with Gasteiger partial charge in [-0.1, -0.05) is 29.3 Å². The summed E-state index contributed by atoms with van der Waals surface area (Å²) < 4.78 is 28.2. The molecule has 0 atom stereocenters. The summed E-state index contributed by atoms with van der Waals surface area (Å²) in [6.07, 6.45) is 1.42. The molecule has 0 aliphatic rings. The second-order valence-electron chi connectivity index (χ2n) is 5.57. The van der Waals surface area contributed by atoms with Gasteiger partial charge in [0.15, 0.2) is 0 Å². The van der Waals surface area contributed by atoms with E-state index in [-0.39, 0.29) is 11.3 Å². The van der Waals surface area contributed by atoms with Crippen molar-refractivity contribution in [2.24, 2.45) is 7.05 Å². The Balaban J connectivity index is 2.00. The van der Waals surface area contributed by atoms with Crippen molar-refractivity contribution >= 4 is 34.8 Å². The minimum atomic E-state index is -0.868. The van der Waals surface area contributed by atoms with Crippen LogP contribution in [0.25, 0.3) is 11.1 Å². The van der Waals surface area contributed by atoms with Gasteiger partial charge in [0.1, 0.15) is 18.2 Å². The standard InChI is InChI=1S/C18H13Cl2F2N3O/c1-25-9-13(17(8-21)24-25)18(26)23-16-5-3-11(22)7-12(16)10-2-4-14(19)15(20)6-10/h2-7,9H,8H2,1H3,(H,23,26). The molecule has 4 nitrogen and oxygen atoms in total. The van der Waals surface area contributed by atoms with Gasteiger partial charge in [-0.3, -0.25) is 9.48 Å². The van der Waals surface area contributed by atoms with Crippen LogP contribution in [0.3, 0.4) is 0 Å². The maximum Gasteiger partial charge on any atom is 0.259 e. The number of benzene rings is 2. The van der Waals surface area contributed by atoms with E-state index >= 15 is 0 Å². The molecular formula is C18H13Cl2F2N3O. The Bertz CT molecular complexity index is 989. The number of hydrogen-bond acceptors (Lipinski definition) is 2. The number of alkyl halides is 1.